The van der Waals surface area contributed by atoms with Crippen LogP contribution in [-0.2, 0) is 17.8 Å². The van der Waals surface area contributed by atoms with Crippen LogP contribution >= 0.6 is 0 Å². The molecule has 0 spiro atoms. The molecule has 3 aromatic rings. The van der Waals surface area contributed by atoms with Gasteiger partial charge in [-0.2, -0.15) is 5.26 Å². The number of ether oxygens (including phenoxy) is 1. The molecule has 33 heavy (non-hydrogen) atoms. The molecule has 0 aliphatic heterocycles. The number of para-hydroxylation sites is 1. The van der Waals surface area contributed by atoms with Crippen LogP contribution in [0.5, 0.6) is 5.75 Å². The van der Waals surface area contributed by atoms with Gasteiger partial charge in [0.05, 0.1) is 5.56 Å². The molecule has 6 nitrogen and oxygen atoms in total. The zero-order valence-electron chi connectivity index (χ0n) is 18.0. The number of rotatable bonds is 10. The summed E-state index contributed by atoms with van der Waals surface area (Å²) in [4.78, 5) is 23.5. The van der Waals surface area contributed by atoms with Gasteiger partial charge in [0.25, 0.3) is 5.91 Å². The summed E-state index contributed by atoms with van der Waals surface area (Å²) >= 11 is 0. The standard InChI is InChI=1S/C27H24N2O4/c28-18-24(26(30)29-16-6-9-20-7-2-1-3-8-20)17-23-10-4-5-11-25(23)33-19-21-12-14-22(15-13-21)27(31)32/h1-5,7-8,10-15,17H,6,9,16,19H2,(H,29,30)(H,31,32)/b24-17-. The van der Waals surface area contributed by atoms with Gasteiger partial charge >= 0.3 is 5.97 Å². The quantitative estimate of drug-likeness (QED) is 0.272. The molecule has 0 aliphatic rings. The van der Waals surface area contributed by atoms with Gasteiger partial charge in [-0.25, -0.2) is 4.79 Å². The molecule has 0 bridgehead atoms. The van der Waals surface area contributed by atoms with Crippen molar-refractivity contribution in [1.29, 1.82) is 5.26 Å². The number of carboxylic acids is 1. The van der Waals surface area contributed by atoms with Crippen LogP contribution in [0.2, 0.25) is 0 Å². The summed E-state index contributed by atoms with van der Waals surface area (Å²) in [6, 6.07) is 25.5. The van der Waals surface area contributed by atoms with E-state index in [1.165, 1.54) is 23.8 Å². The summed E-state index contributed by atoms with van der Waals surface area (Å²) in [7, 11) is 0. The molecule has 1 amide bonds. The zero-order chi connectivity index (χ0) is 23.5. The molecule has 0 heterocycles. The predicted octanol–water partition coefficient (Wildman–Crippen LogP) is 4.62. The number of nitriles is 1. The predicted molar refractivity (Wildman–Crippen MR) is 126 cm³/mol. The van der Waals surface area contributed by atoms with Gasteiger partial charge < -0.3 is 15.2 Å². The summed E-state index contributed by atoms with van der Waals surface area (Å²) in [5.74, 6) is -0.894. The van der Waals surface area contributed by atoms with E-state index >= 15 is 0 Å². The number of aromatic carboxylic acids is 1. The van der Waals surface area contributed by atoms with Crippen LogP contribution in [-0.4, -0.2) is 23.5 Å². The molecule has 0 aliphatic carbocycles. The number of carbonyl (C=O) groups excluding carboxylic acids is 1. The maximum absolute atomic E-state index is 12.5. The second kappa shape index (κ2) is 11.9. The minimum Gasteiger partial charge on any atom is -0.488 e. The summed E-state index contributed by atoms with van der Waals surface area (Å²) in [5, 5.41) is 21.3. The van der Waals surface area contributed by atoms with E-state index in [1.54, 1.807) is 36.4 Å². The molecule has 0 saturated carbocycles. The number of carboxylic acid groups (broad SMARTS) is 1. The molecule has 0 atom stereocenters. The number of aryl methyl sites for hydroxylation is 1. The van der Waals surface area contributed by atoms with Gasteiger partial charge in [0.1, 0.15) is 24.0 Å². The van der Waals surface area contributed by atoms with Crippen molar-refractivity contribution in [2.75, 3.05) is 6.54 Å². The van der Waals surface area contributed by atoms with E-state index < -0.39 is 11.9 Å². The van der Waals surface area contributed by atoms with E-state index in [4.69, 9.17) is 9.84 Å². The second-order valence-electron chi connectivity index (χ2n) is 7.34. The van der Waals surface area contributed by atoms with Crippen molar-refractivity contribution in [2.45, 2.75) is 19.4 Å². The Morgan fingerprint density at radius 3 is 2.33 bits per heavy atom. The monoisotopic (exact) mass is 440 g/mol. The lowest BCUT2D eigenvalue weighted by Gasteiger charge is -2.10. The number of hydrogen-bond acceptors (Lipinski definition) is 4. The number of hydrogen-bond donors (Lipinski definition) is 2. The van der Waals surface area contributed by atoms with Crippen molar-refractivity contribution in [1.82, 2.24) is 5.32 Å². The van der Waals surface area contributed by atoms with E-state index in [1.807, 2.05) is 36.4 Å². The van der Waals surface area contributed by atoms with E-state index in [-0.39, 0.29) is 17.7 Å². The molecule has 3 aromatic carbocycles. The Labute approximate surface area is 192 Å². The van der Waals surface area contributed by atoms with Gasteiger partial charge in [0.15, 0.2) is 0 Å². The van der Waals surface area contributed by atoms with Crippen molar-refractivity contribution in [3.05, 3.63) is 107 Å². The number of nitrogens with one attached hydrogen (secondary N) is 1. The minimum atomic E-state index is -0.986. The molecule has 2 N–H and O–H groups in total. The lowest BCUT2D eigenvalue weighted by atomic mass is 10.1. The molecule has 166 valence electrons. The fourth-order valence-corrected chi connectivity index (χ4v) is 3.17. The Balaban J connectivity index is 1.60. The molecule has 0 unspecified atom stereocenters. The highest BCUT2D eigenvalue weighted by atomic mass is 16.5. The highest BCUT2D eigenvalue weighted by Crippen LogP contribution is 2.22. The minimum absolute atomic E-state index is 0.00317. The van der Waals surface area contributed by atoms with Crippen LogP contribution in [0.25, 0.3) is 6.08 Å². The topological polar surface area (TPSA) is 99.4 Å². The first kappa shape index (κ1) is 23.3. The van der Waals surface area contributed by atoms with Gasteiger partial charge in [-0.05, 0) is 48.2 Å². The summed E-state index contributed by atoms with van der Waals surface area (Å²) in [6.07, 6.45) is 3.13. The van der Waals surface area contributed by atoms with E-state index in [0.717, 1.165) is 18.4 Å². The van der Waals surface area contributed by atoms with E-state index in [0.29, 0.717) is 17.9 Å². The average Bonchev–Trinajstić information content (AvgIpc) is 2.85. The summed E-state index contributed by atoms with van der Waals surface area (Å²) < 4.78 is 5.86. The first-order valence-electron chi connectivity index (χ1n) is 10.5. The zero-order valence-corrected chi connectivity index (χ0v) is 18.0. The molecular formula is C27H24N2O4. The first-order chi connectivity index (χ1) is 16.1. The maximum atomic E-state index is 12.5. The van der Waals surface area contributed by atoms with Crippen LogP contribution in [0.15, 0.2) is 84.4 Å². The number of benzene rings is 3. The lowest BCUT2D eigenvalue weighted by Crippen LogP contribution is -2.25. The van der Waals surface area contributed by atoms with E-state index in [9.17, 15) is 14.9 Å². The molecule has 6 heteroatoms. The van der Waals surface area contributed by atoms with Gasteiger partial charge in [0.2, 0.25) is 0 Å². The van der Waals surface area contributed by atoms with Gasteiger partial charge in [-0.15, -0.1) is 0 Å². The van der Waals surface area contributed by atoms with Crippen molar-refractivity contribution >= 4 is 18.0 Å². The van der Waals surface area contributed by atoms with Crippen molar-refractivity contribution in [3.8, 4) is 11.8 Å². The Morgan fingerprint density at radius 2 is 1.64 bits per heavy atom. The fourth-order valence-electron chi connectivity index (χ4n) is 3.17. The Morgan fingerprint density at radius 1 is 0.939 bits per heavy atom. The second-order valence-corrected chi connectivity index (χ2v) is 7.34. The molecule has 3 rings (SSSR count). The third kappa shape index (κ3) is 7.08. The van der Waals surface area contributed by atoms with Gasteiger partial charge in [0, 0.05) is 12.1 Å². The lowest BCUT2D eigenvalue weighted by molar-refractivity contribution is -0.117. The fraction of sp³-hybridized carbons (Fsp3) is 0.148. The number of nitrogens with zero attached hydrogens (tertiary/aromatic N) is 1. The Bertz CT molecular complexity index is 1160. The van der Waals surface area contributed by atoms with Crippen LogP contribution in [0.4, 0.5) is 0 Å². The summed E-state index contributed by atoms with van der Waals surface area (Å²) in [5.41, 5.74) is 2.81. The van der Waals surface area contributed by atoms with Crippen molar-refractivity contribution in [3.63, 3.8) is 0 Å². The van der Waals surface area contributed by atoms with Crippen molar-refractivity contribution < 1.29 is 19.4 Å². The Hall–Kier alpha value is -4.37. The van der Waals surface area contributed by atoms with Crippen molar-refractivity contribution in [2.24, 2.45) is 0 Å². The van der Waals surface area contributed by atoms with E-state index in [2.05, 4.69) is 5.32 Å². The molecular weight excluding hydrogens is 416 g/mol. The van der Waals surface area contributed by atoms with Gasteiger partial charge in [-0.1, -0.05) is 60.7 Å². The Kier molecular flexibility index (Phi) is 8.38. The molecule has 0 fully saturated rings. The van der Waals surface area contributed by atoms with Crippen LogP contribution < -0.4 is 10.1 Å². The normalized spacial score (nSPS) is 10.8. The van der Waals surface area contributed by atoms with Crippen LogP contribution in [0.1, 0.15) is 33.5 Å². The first-order valence-corrected chi connectivity index (χ1v) is 10.5. The molecule has 0 aromatic heterocycles. The van der Waals surface area contributed by atoms with Crippen LogP contribution in [0, 0.1) is 11.3 Å². The molecule has 0 radical (unpaired) electrons. The average molecular weight is 440 g/mol. The van der Waals surface area contributed by atoms with Crippen LogP contribution in [0.3, 0.4) is 0 Å². The highest BCUT2D eigenvalue weighted by molar-refractivity contribution is 6.01. The third-order valence-corrected chi connectivity index (χ3v) is 4.95. The largest absolute Gasteiger partial charge is 0.488 e. The smallest absolute Gasteiger partial charge is 0.335 e. The maximum Gasteiger partial charge on any atom is 0.335 e. The highest BCUT2D eigenvalue weighted by Gasteiger charge is 2.11. The number of amides is 1. The van der Waals surface area contributed by atoms with Gasteiger partial charge in [-0.3, -0.25) is 4.79 Å². The SMILES string of the molecule is N#C/C(=C/c1ccccc1OCc1ccc(C(=O)O)cc1)C(=O)NCCCc1ccccc1. The third-order valence-electron chi connectivity index (χ3n) is 4.95. The molecule has 0 saturated heterocycles. The number of carbonyl (C=O) groups is 2. The summed E-state index contributed by atoms with van der Waals surface area (Å²) in [6.45, 7) is 0.690.